The lowest BCUT2D eigenvalue weighted by Gasteiger charge is -2.35. The molecule has 4 heterocycles. The van der Waals surface area contributed by atoms with Crippen LogP contribution in [-0.2, 0) is 13.5 Å². The van der Waals surface area contributed by atoms with Crippen molar-refractivity contribution in [3.8, 4) is 11.4 Å². The molecule has 2 aliphatic heterocycles. The molecule has 1 aromatic carbocycles. The van der Waals surface area contributed by atoms with E-state index in [-0.39, 0.29) is 23.8 Å². The average molecular weight is 363 g/mol. The lowest BCUT2D eigenvalue weighted by atomic mass is 9.98. The summed E-state index contributed by atoms with van der Waals surface area (Å²) in [6.45, 7) is 0. The second kappa shape index (κ2) is 5.97. The monoisotopic (exact) mass is 363 g/mol. The zero-order valence-corrected chi connectivity index (χ0v) is 14.8. The predicted molar refractivity (Wildman–Crippen MR) is 96.3 cm³/mol. The van der Waals surface area contributed by atoms with E-state index in [1.165, 1.54) is 12.1 Å². The van der Waals surface area contributed by atoms with Crippen molar-refractivity contribution in [3.63, 3.8) is 0 Å². The van der Waals surface area contributed by atoms with Crippen molar-refractivity contribution in [1.29, 1.82) is 0 Å². The highest BCUT2D eigenvalue weighted by molar-refractivity contribution is 5.93. The van der Waals surface area contributed by atoms with Crippen LogP contribution in [-0.4, -0.2) is 36.6 Å². The molecule has 2 aliphatic rings. The largest absolute Gasteiger partial charge is 0.327 e. The van der Waals surface area contributed by atoms with Crippen molar-refractivity contribution in [1.82, 2.24) is 24.6 Å². The molecule has 136 valence electrons. The van der Waals surface area contributed by atoms with E-state index >= 15 is 0 Å². The first-order valence-corrected chi connectivity index (χ1v) is 9.04. The summed E-state index contributed by atoms with van der Waals surface area (Å²) in [5, 5.41) is 4.12. The number of aromatic nitrogens is 4. The molecule has 1 amide bonds. The van der Waals surface area contributed by atoms with Gasteiger partial charge in [-0.2, -0.15) is 5.10 Å². The third-order valence-electron chi connectivity index (χ3n) is 5.57. The first-order valence-electron chi connectivity index (χ1n) is 9.04. The summed E-state index contributed by atoms with van der Waals surface area (Å²) in [4.78, 5) is 24.3. The van der Waals surface area contributed by atoms with Crippen molar-refractivity contribution >= 4 is 5.91 Å². The summed E-state index contributed by atoms with van der Waals surface area (Å²) in [6.07, 6.45) is 6.06. The van der Waals surface area contributed by atoms with Crippen LogP contribution < -0.4 is 0 Å². The molecule has 0 saturated carbocycles. The van der Waals surface area contributed by atoms with Gasteiger partial charge in [-0.3, -0.25) is 9.48 Å². The minimum Gasteiger partial charge on any atom is -0.327 e. The van der Waals surface area contributed by atoms with E-state index in [1.54, 1.807) is 36.1 Å². The van der Waals surface area contributed by atoms with Gasteiger partial charge in [-0.1, -0.05) is 0 Å². The highest BCUT2D eigenvalue weighted by atomic mass is 19.1. The van der Waals surface area contributed by atoms with Gasteiger partial charge in [0.05, 0.1) is 11.7 Å². The van der Waals surface area contributed by atoms with Gasteiger partial charge >= 0.3 is 0 Å². The Balaban J connectivity index is 1.50. The molecule has 0 aliphatic carbocycles. The maximum atomic E-state index is 13.2. The Morgan fingerprint density at radius 1 is 1.19 bits per heavy atom. The normalized spacial score (nSPS) is 20.6. The van der Waals surface area contributed by atoms with Crippen LogP contribution >= 0.6 is 0 Å². The summed E-state index contributed by atoms with van der Waals surface area (Å²) >= 11 is 0. The number of hydrogen-bond donors (Lipinski definition) is 0. The molecule has 7 heteroatoms. The van der Waals surface area contributed by atoms with Crippen LogP contribution in [0.2, 0.25) is 0 Å². The van der Waals surface area contributed by atoms with E-state index in [1.807, 2.05) is 11.1 Å². The van der Waals surface area contributed by atoms with E-state index in [9.17, 15) is 9.18 Å². The van der Waals surface area contributed by atoms with Crippen molar-refractivity contribution in [2.45, 2.75) is 31.3 Å². The molecular formula is C20H18FN5O. The first kappa shape index (κ1) is 16.1. The molecule has 0 radical (unpaired) electrons. The fourth-order valence-electron chi connectivity index (χ4n) is 4.24. The molecule has 2 aromatic heterocycles. The van der Waals surface area contributed by atoms with E-state index in [2.05, 4.69) is 10.1 Å². The molecule has 6 nitrogen and oxygen atoms in total. The number of carbonyl (C=O) groups excluding carboxylic acids is 1. The number of halogens is 1. The van der Waals surface area contributed by atoms with Crippen LogP contribution in [0.15, 0.2) is 42.7 Å². The minimum absolute atomic E-state index is 0.00316. The maximum absolute atomic E-state index is 13.2. The highest BCUT2D eigenvalue weighted by Gasteiger charge is 2.44. The van der Waals surface area contributed by atoms with Crippen molar-refractivity contribution in [2.75, 3.05) is 0 Å². The summed E-state index contributed by atoms with van der Waals surface area (Å²) in [5.74, 6) is 0.328. The van der Waals surface area contributed by atoms with Gasteiger partial charge in [-0.05, 0) is 43.2 Å². The molecule has 27 heavy (non-hydrogen) atoms. The molecular weight excluding hydrogens is 345 g/mol. The number of rotatable bonds is 2. The molecule has 5 rings (SSSR count). The number of hydrogen-bond acceptors (Lipinski definition) is 4. The lowest BCUT2D eigenvalue weighted by Crippen LogP contribution is -2.43. The Morgan fingerprint density at radius 3 is 2.74 bits per heavy atom. The molecule has 2 atom stereocenters. The maximum Gasteiger partial charge on any atom is 0.272 e. The van der Waals surface area contributed by atoms with Crippen LogP contribution in [0.25, 0.3) is 11.4 Å². The number of nitrogens with zero attached hydrogens (tertiary/aromatic N) is 5. The van der Waals surface area contributed by atoms with E-state index in [0.29, 0.717) is 17.9 Å². The standard InChI is InChI=1S/C20H18FN5O/c1-25-18(8-9-23-25)20(27)26-14-6-7-17(26)15-11-22-19(24-16(15)10-14)12-2-4-13(21)5-3-12/h2-5,8-9,11,14,17H,6-7,10H2,1H3. The summed E-state index contributed by atoms with van der Waals surface area (Å²) in [5.41, 5.74) is 3.40. The quantitative estimate of drug-likeness (QED) is 0.702. The molecule has 0 spiro atoms. The Bertz CT molecular complexity index is 1030. The zero-order chi connectivity index (χ0) is 18.5. The minimum atomic E-state index is -0.279. The van der Waals surface area contributed by atoms with Gasteiger partial charge in [-0.15, -0.1) is 0 Å². The van der Waals surface area contributed by atoms with Crippen LogP contribution in [0.3, 0.4) is 0 Å². The number of fused-ring (bicyclic) bond motifs is 4. The highest BCUT2D eigenvalue weighted by Crippen LogP contribution is 2.43. The van der Waals surface area contributed by atoms with Gasteiger partial charge in [0.2, 0.25) is 0 Å². The lowest BCUT2D eigenvalue weighted by molar-refractivity contribution is 0.0632. The fraction of sp³-hybridized carbons (Fsp3) is 0.300. The summed E-state index contributed by atoms with van der Waals surface area (Å²) in [7, 11) is 1.78. The van der Waals surface area contributed by atoms with Crippen LogP contribution in [0.1, 0.15) is 40.6 Å². The van der Waals surface area contributed by atoms with Gasteiger partial charge < -0.3 is 4.90 Å². The molecule has 0 N–H and O–H groups in total. The van der Waals surface area contributed by atoms with Gasteiger partial charge in [0.15, 0.2) is 5.82 Å². The Kier molecular flexibility index (Phi) is 3.56. The summed E-state index contributed by atoms with van der Waals surface area (Å²) < 4.78 is 14.8. The second-order valence-electron chi connectivity index (χ2n) is 7.11. The molecule has 2 bridgehead atoms. The average Bonchev–Trinajstić information content (AvgIpc) is 3.24. The summed E-state index contributed by atoms with van der Waals surface area (Å²) in [6, 6.07) is 8.10. The van der Waals surface area contributed by atoms with Gasteiger partial charge in [0.25, 0.3) is 5.91 Å². The van der Waals surface area contributed by atoms with E-state index in [0.717, 1.165) is 29.7 Å². The smallest absolute Gasteiger partial charge is 0.272 e. The SMILES string of the molecule is Cn1nccc1C(=O)N1C2CCC1c1cnc(-c3ccc(F)cc3)nc1C2. The van der Waals surface area contributed by atoms with Crippen LogP contribution in [0.5, 0.6) is 0 Å². The fourth-order valence-corrected chi connectivity index (χ4v) is 4.24. The van der Waals surface area contributed by atoms with Crippen molar-refractivity contribution < 1.29 is 9.18 Å². The van der Waals surface area contributed by atoms with E-state index < -0.39 is 0 Å². The zero-order valence-electron chi connectivity index (χ0n) is 14.8. The Morgan fingerprint density at radius 2 is 2.00 bits per heavy atom. The molecule has 1 saturated heterocycles. The molecule has 2 unspecified atom stereocenters. The first-order chi connectivity index (χ1) is 13.1. The number of amides is 1. The number of benzene rings is 1. The van der Waals surface area contributed by atoms with Gasteiger partial charge in [-0.25, -0.2) is 14.4 Å². The third kappa shape index (κ3) is 2.53. The van der Waals surface area contributed by atoms with E-state index in [4.69, 9.17) is 4.98 Å². The molecule has 3 aromatic rings. The van der Waals surface area contributed by atoms with Crippen LogP contribution in [0.4, 0.5) is 4.39 Å². The second-order valence-corrected chi connectivity index (χ2v) is 7.11. The number of carbonyl (C=O) groups is 1. The molecule has 1 fully saturated rings. The Hall–Kier alpha value is -3.09. The third-order valence-corrected chi connectivity index (χ3v) is 5.57. The van der Waals surface area contributed by atoms with Crippen LogP contribution in [0, 0.1) is 5.82 Å². The van der Waals surface area contributed by atoms with Gasteiger partial charge in [0.1, 0.15) is 11.5 Å². The predicted octanol–water partition coefficient (Wildman–Crippen LogP) is 2.92. The topological polar surface area (TPSA) is 63.9 Å². The number of aryl methyl sites for hydroxylation is 1. The van der Waals surface area contributed by atoms with Gasteiger partial charge in [0, 0.05) is 43.0 Å². The van der Waals surface area contributed by atoms with Crippen molar-refractivity contribution in [2.24, 2.45) is 7.05 Å². The Labute approximate surface area is 155 Å². The van der Waals surface area contributed by atoms with Crippen molar-refractivity contribution in [3.05, 3.63) is 65.5 Å².